The van der Waals surface area contributed by atoms with Gasteiger partial charge in [0.05, 0.1) is 24.7 Å². The average molecular weight is 439 g/mol. The summed E-state index contributed by atoms with van der Waals surface area (Å²) in [4.78, 5) is 7.96. The molecule has 2 aromatic heterocycles. The van der Waals surface area contributed by atoms with Crippen LogP contribution < -0.4 is 10.2 Å². The summed E-state index contributed by atoms with van der Waals surface area (Å²) in [6, 6.07) is 5.31. The van der Waals surface area contributed by atoms with Crippen LogP contribution in [0.25, 0.3) is 16.9 Å². The second kappa shape index (κ2) is 8.10. The molecule has 1 aromatic carbocycles. The molecule has 170 valence electrons. The minimum Gasteiger partial charge on any atom is -0.507 e. The molecule has 10 nitrogen and oxygen atoms in total. The van der Waals surface area contributed by atoms with E-state index in [-0.39, 0.29) is 29.5 Å². The van der Waals surface area contributed by atoms with Crippen LogP contribution in [0.3, 0.4) is 0 Å². The third kappa shape index (κ3) is 4.56. The Morgan fingerprint density at radius 3 is 2.41 bits per heavy atom. The fourth-order valence-corrected chi connectivity index (χ4v) is 4.61. The van der Waals surface area contributed by atoms with E-state index in [4.69, 9.17) is 5.11 Å². The number of aliphatic hydroxyl groups excluding tert-OH is 1. The Hall–Kier alpha value is -3.11. The molecule has 0 aliphatic carbocycles. The van der Waals surface area contributed by atoms with Gasteiger partial charge in [0, 0.05) is 35.8 Å². The fraction of sp³-hybridized carbons (Fsp3) is 0.500. The zero-order chi connectivity index (χ0) is 23.1. The third-order valence-corrected chi connectivity index (χ3v) is 5.77. The van der Waals surface area contributed by atoms with Crippen LogP contribution in [0, 0.1) is 0 Å². The number of nitrogens with zero attached hydrogens (tertiary/aromatic N) is 7. The van der Waals surface area contributed by atoms with Crippen LogP contribution in [-0.4, -0.2) is 64.6 Å². The molecule has 0 radical (unpaired) electrons. The van der Waals surface area contributed by atoms with Crippen LogP contribution >= 0.6 is 0 Å². The lowest BCUT2D eigenvalue weighted by atomic mass is 9.79. The number of anilines is 1. The van der Waals surface area contributed by atoms with Crippen molar-refractivity contribution in [2.75, 3.05) is 11.9 Å². The van der Waals surface area contributed by atoms with Gasteiger partial charge < -0.3 is 20.4 Å². The summed E-state index contributed by atoms with van der Waals surface area (Å²) in [6.45, 7) is 8.66. The summed E-state index contributed by atoms with van der Waals surface area (Å²) < 4.78 is 0. The van der Waals surface area contributed by atoms with Crippen LogP contribution in [0.2, 0.25) is 0 Å². The number of hydrogen-bond acceptors (Lipinski definition) is 9. The summed E-state index contributed by atoms with van der Waals surface area (Å²) in [5.41, 5.74) is 2.04. The van der Waals surface area contributed by atoms with Gasteiger partial charge in [-0.25, -0.2) is 4.98 Å². The van der Waals surface area contributed by atoms with E-state index in [0.717, 1.165) is 12.8 Å². The van der Waals surface area contributed by atoms with Crippen molar-refractivity contribution in [2.24, 2.45) is 0 Å². The zero-order valence-corrected chi connectivity index (χ0v) is 19.1. The lowest BCUT2D eigenvalue weighted by Crippen LogP contribution is -2.62. The molecule has 3 heterocycles. The third-order valence-electron chi connectivity index (χ3n) is 5.77. The maximum atomic E-state index is 10.5. The number of hydrogen-bond donors (Lipinski definition) is 3. The highest BCUT2D eigenvalue weighted by Crippen LogP contribution is 2.33. The number of aromatic nitrogens is 6. The number of aliphatic hydroxyl groups is 1. The molecule has 0 saturated carbocycles. The number of rotatable bonds is 5. The standard InChI is InChI=1S/C22H30N8O2/c1-21(2)9-16(10-22(3,4)28-21)29(5)20-23-12-18(25-26-20)17-7-6-15(8-19(17)32)30-24-11-14(13-31)27-30/h6-8,11-12,16,28,31-32H,9-10,13H2,1-5H3. The highest BCUT2D eigenvalue weighted by molar-refractivity contribution is 5.67. The lowest BCUT2D eigenvalue weighted by molar-refractivity contribution is 0.160. The maximum Gasteiger partial charge on any atom is 0.245 e. The first-order chi connectivity index (χ1) is 15.1. The van der Waals surface area contributed by atoms with E-state index in [0.29, 0.717) is 28.6 Å². The molecule has 1 saturated heterocycles. The molecule has 1 aliphatic rings. The van der Waals surface area contributed by atoms with E-state index in [1.807, 2.05) is 7.05 Å². The number of phenols is 1. The minimum atomic E-state index is -0.196. The van der Waals surface area contributed by atoms with E-state index in [1.165, 1.54) is 17.1 Å². The van der Waals surface area contributed by atoms with E-state index in [1.54, 1.807) is 18.3 Å². The van der Waals surface area contributed by atoms with E-state index in [2.05, 4.69) is 63.3 Å². The van der Waals surface area contributed by atoms with Gasteiger partial charge in [-0.2, -0.15) is 15.0 Å². The summed E-state index contributed by atoms with van der Waals surface area (Å²) in [7, 11) is 2.00. The number of aromatic hydroxyl groups is 1. The number of benzene rings is 1. The predicted molar refractivity (Wildman–Crippen MR) is 120 cm³/mol. The summed E-state index contributed by atoms with van der Waals surface area (Å²) >= 11 is 0. The van der Waals surface area contributed by atoms with Gasteiger partial charge in [-0.1, -0.05) is 0 Å². The van der Waals surface area contributed by atoms with Crippen molar-refractivity contribution in [1.29, 1.82) is 0 Å². The topological polar surface area (TPSA) is 125 Å². The largest absolute Gasteiger partial charge is 0.507 e. The normalized spacial score (nSPS) is 17.9. The second-order valence-electron chi connectivity index (χ2n) is 9.69. The smallest absolute Gasteiger partial charge is 0.245 e. The van der Waals surface area contributed by atoms with Crippen molar-refractivity contribution in [1.82, 2.24) is 35.5 Å². The molecule has 0 atom stereocenters. The first-order valence-electron chi connectivity index (χ1n) is 10.6. The second-order valence-corrected chi connectivity index (χ2v) is 9.69. The minimum absolute atomic E-state index is 0.0168. The number of nitrogens with one attached hydrogen (secondary N) is 1. The molecule has 1 aliphatic heterocycles. The Bertz CT molecular complexity index is 1080. The van der Waals surface area contributed by atoms with Crippen LogP contribution in [0.5, 0.6) is 5.75 Å². The molecule has 10 heteroatoms. The molecule has 3 N–H and O–H groups in total. The maximum absolute atomic E-state index is 10.5. The average Bonchev–Trinajstić information content (AvgIpc) is 3.20. The van der Waals surface area contributed by atoms with Gasteiger partial charge >= 0.3 is 0 Å². The van der Waals surface area contributed by atoms with Gasteiger partial charge in [-0.15, -0.1) is 10.2 Å². The van der Waals surface area contributed by atoms with Gasteiger partial charge in [-0.3, -0.25) is 0 Å². The summed E-state index contributed by atoms with van der Waals surface area (Å²) in [5, 5.41) is 40.2. The Kier molecular flexibility index (Phi) is 5.59. The molecular weight excluding hydrogens is 408 g/mol. The van der Waals surface area contributed by atoms with Crippen molar-refractivity contribution in [3.8, 4) is 22.7 Å². The van der Waals surface area contributed by atoms with Crippen LogP contribution in [-0.2, 0) is 6.61 Å². The first-order valence-corrected chi connectivity index (χ1v) is 10.6. The van der Waals surface area contributed by atoms with Crippen LogP contribution in [0.15, 0.2) is 30.6 Å². The molecule has 0 amide bonds. The van der Waals surface area contributed by atoms with Gasteiger partial charge in [0.25, 0.3) is 0 Å². The van der Waals surface area contributed by atoms with Crippen molar-refractivity contribution >= 4 is 5.95 Å². The summed E-state index contributed by atoms with van der Waals surface area (Å²) in [6.07, 6.45) is 5.04. The van der Waals surface area contributed by atoms with E-state index in [9.17, 15) is 5.11 Å². The van der Waals surface area contributed by atoms with Gasteiger partial charge in [0.2, 0.25) is 5.95 Å². The molecular formula is C22H30N8O2. The molecule has 4 rings (SSSR count). The highest BCUT2D eigenvalue weighted by Gasteiger charge is 2.39. The molecule has 0 bridgehead atoms. The highest BCUT2D eigenvalue weighted by atomic mass is 16.3. The first kappa shape index (κ1) is 22.1. The van der Waals surface area contributed by atoms with E-state index < -0.39 is 0 Å². The quantitative estimate of drug-likeness (QED) is 0.549. The van der Waals surface area contributed by atoms with E-state index >= 15 is 0 Å². The monoisotopic (exact) mass is 438 g/mol. The number of phenolic OH excluding ortho intramolecular Hbond substituents is 1. The lowest BCUT2D eigenvalue weighted by Gasteiger charge is -2.48. The molecule has 3 aromatic rings. The SMILES string of the molecule is CN(c1ncc(-c2ccc(-n3ncc(CO)n3)cc2O)nn1)C1CC(C)(C)NC(C)(C)C1. The van der Waals surface area contributed by atoms with Gasteiger partial charge in [-0.05, 0) is 52.7 Å². The van der Waals surface area contributed by atoms with Gasteiger partial charge in [0.15, 0.2) is 0 Å². The molecule has 0 unspecified atom stereocenters. The zero-order valence-electron chi connectivity index (χ0n) is 19.1. The molecule has 0 spiro atoms. The van der Waals surface area contributed by atoms with Crippen molar-refractivity contribution in [3.05, 3.63) is 36.3 Å². The summed E-state index contributed by atoms with van der Waals surface area (Å²) in [5.74, 6) is 0.574. The predicted octanol–water partition coefficient (Wildman–Crippen LogP) is 2.06. The molecule has 1 fully saturated rings. The van der Waals surface area contributed by atoms with Crippen molar-refractivity contribution < 1.29 is 10.2 Å². The fourth-order valence-electron chi connectivity index (χ4n) is 4.61. The van der Waals surface area contributed by atoms with Crippen molar-refractivity contribution in [2.45, 2.75) is 64.3 Å². The Labute approximate surface area is 187 Å². The molecule has 32 heavy (non-hydrogen) atoms. The van der Waals surface area contributed by atoms with Crippen LogP contribution in [0.1, 0.15) is 46.2 Å². The van der Waals surface area contributed by atoms with Gasteiger partial charge in [0.1, 0.15) is 17.1 Å². The van der Waals surface area contributed by atoms with Crippen LogP contribution in [0.4, 0.5) is 5.95 Å². The van der Waals surface area contributed by atoms with Crippen molar-refractivity contribution in [3.63, 3.8) is 0 Å². The Morgan fingerprint density at radius 2 is 1.84 bits per heavy atom. The Balaban J connectivity index is 1.53. The number of piperidine rings is 1. The Morgan fingerprint density at radius 1 is 1.12 bits per heavy atom.